The first-order chi connectivity index (χ1) is 9.54. The van der Waals surface area contributed by atoms with Gasteiger partial charge in [0.15, 0.2) is 0 Å². The Kier molecular flexibility index (Phi) is 3.31. The van der Waals surface area contributed by atoms with Gasteiger partial charge in [0, 0.05) is 23.3 Å². The van der Waals surface area contributed by atoms with Crippen LogP contribution in [0.5, 0.6) is 0 Å². The average Bonchev–Trinajstić information content (AvgIpc) is 2.76. The number of benzene rings is 2. The largest absolute Gasteiger partial charge is 0.343 e. The van der Waals surface area contributed by atoms with Crippen molar-refractivity contribution in [1.29, 1.82) is 0 Å². The maximum atomic E-state index is 6.12. The molecule has 2 aromatic carbocycles. The van der Waals surface area contributed by atoms with Gasteiger partial charge in [0.25, 0.3) is 0 Å². The van der Waals surface area contributed by atoms with Crippen LogP contribution in [0.15, 0.2) is 42.6 Å². The van der Waals surface area contributed by atoms with Crippen LogP contribution in [-0.2, 0) is 6.54 Å². The number of rotatable bonds is 2. The monoisotopic (exact) mass is 283 g/mol. The Morgan fingerprint density at radius 3 is 2.35 bits per heavy atom. The van der Waals surface area contributed by atoms with Crippen molar-refractivity contribution in [2.45, 2.75) is 27.3 Å². The van der Waals surface area contributed by atoms with Crippen LogP contribution in [0.3, 0.4) is 0 Å². The molecule has 0 aliphatic heterocycles. The lowest BCUT2D eigenvalue weighted by molar-refractivity contribution is 0.823. The first-order valence-electron chi connectivity index (χ1n) is 6.86. The number of aromatic nitrogens is 1. The normalized spacial score (nSPS) is 11.2. The van der Waals surface area contributed by atoms with Crippen LogP contribution in [0, 0.1) is 20.8 Å². The van der Waals surface area contributed by atoms with E-state index in [-0.39, 0.29) is 0 Å². The van der Waals surface area contributed by atoms with Crippen LogP contribution in [0.2, 0.25) is 5.02 Å². The van der Waals surface area contributed by atoms with Crippen molar-refractivity contribution in [2.75, 3.05) is 0 Å². The Balaban J connectivity index is 2.08. The van der Waals surface area contributed by atoms with Crippen LogP contribution in [-0.4, -0.2) is 4.57 Å². The Morgan fingerprint density at radius 2 is 1.65 bits per heavy atom. The second-order valence-corrected chi connectivity index (χ2v) is 5.96. The molecule has 2 heteroatoms. The Hall–Kier alpha value is -1.73. The van der Waals surface area contributed by atoms with Gasteiger partial charge in [0.05, 0.1) is 0 Å². The van der Waals surface area contributed by atoms with E-state index in [1.165, 1.54) is 33.2 Å². The molecule has 0 aliphatic carbocycles. The molecule has 0 aliphatic rings. The molecule has 0 amide bonds. The van der Waals surface area contributed by atoms with Gasteiger partial charge in [-0.1, -0.05) is 35.4 Å². The summed E-state index contributed by atoms with van der Waals surface area (Å²) in [7, 11) is 0. The summed E-state index contributed by atoms with van der Waals surface area (Å²) in [6.45, 7) is 7.42. The van der Waals surface area contributed by atoms with E-state index in [9.17, 15) is 0 Å². The zero-order valence-electron chi connectivity index (χ0n) is 12.1. The molecule has 0 saturated heterocycles. The van der Waals surface area contributed by atoms with Crippen molar-refractivity contribution in [3.63, 3.8) is 0 Å². The molecular formula is C18H18ClN. The van der Waals surface area contributed by atoms with Crippen LogP contribution in [0.4, 0.5) is 0 Å². The SMILES string of the molecule is Cc1cc(C)c(Cn2ccc3ccc(Cl)cc32)c(C)c1. The molecule has 3 aromatic rings. The smallest absolute Gasteiger partial charge is 0.0498 e. The number of fused-ring (bicyclic) bond motifs is 1. The van der Waals surface area contributed by atoms with Crippen LogP contribution in [0.25, 0.3) is 10.9 Å². The molecule has 0 fully saturated rings. The zero-order chi connectivity index (χ0) is 14.3. The van der Waals surface area contributed by atoms with Gasteiger partial charge in [-0.2, -0.15) is 0 Å². The summed E-state index contributed by atoms with van der Waals surface area (Å²) in [4.78, 5) is 0. The second kappa shape index (κ2) is 4.99. The second-order valence-electron chi connectivity index (χ2n) is 5.52. The van der Waals surface area contributed by atoms with E-state index in [2.05, 4.69) is 55.8 Å². The summed E-state index contributed by atoms with van der Waals surface area (Å²) in [6, 6.07) is 12.7. The number of hydrogen-bond donors (Lipinski definition) is 0. The fourth-order valence-corrected chi connectivity index (χ4v) is 3.09. The highest BCUT2D eigenvalue weighted by atomic mass is 35.5. The third kappa shape index (κ3) is 2.34. The highest BCUT2D eigenvalue weighted by Gasteiger charge is 2.07. The van der Waals surface area contributed by atoms with Gasteiger partial charge in [-0.3, -0.25) is 0 Å². The summed E-state index contributed by atoms with van der Waals surface area (Å²) in [5.74, 6) is 0. The number of nitrogens with zero attached hydrogens (tertiary/aromatic N) is 1. The molecule has 0 unspecified atom stereocenters. The summed E-state index contributed by atoms with van der Waals surface area (Å²) < 4.78 is 2.27. The minimum atomic E-state index is 0.787. The van der Waals surface area contributed by atoms with Gasteiger partial charge < -0.3 is 4.57 Å². The van der Waals surface area contributed by atoms with Crippen molar-refractivity contribution in [3.8, 4) is 0 Å². The summed E-state index contributed by atoms with van der Waals surface area (Å²) in [6.07, 6.45) is 2.14. The molecule has 0 bridgehead atoms. The van der Waals surface area contributed by atoms with Gasteiger partial charge in [-0.05, 0) is 61.0 Å². The van der Waals surface area contributed by atoms with Crippen molar-refractivity contribution < 1.29 is 0 Å². The third-order valence-electron chi connectivity index (χ3n) is 3.90. The van der Waals surface area contributed by atoms with Crippen LogP contribution in [0.1, 0.15) is 22.3 Å². The van der Waals surface area contributed by atoms with Crippen LogP contribution >= 0.6 is 11.6 Å². The van der Waals surface area contributed by atoms with Crippen molar-refractivity contribution in [3.05, 3.63) is 69.9 Å². The van der Waals surface area contributed by atoms with Gasteiger partial charge in [-0.25, -0.2) is 0 Å². The van der Waals surface area contributed by atoms with E-state index in [0.29, 0.717) is 0 Å². The molecule has 0 radical (unpaired) electrons. The van der Waals surface area contributed by atoms with E-state index < -0.39 is 0 Å². The number of aryl methyl sites for hydroxylation is 3. The third-order valence-corrected chi connectivity index (χ3v) is 4.14. The Labute approximate surface area is 124 Å². The van der Waals surface area contributed by atoms with Gasteiger partial charge in [0.2, 0.25) is 0 Å². The molecule has 0 atom stereocenters. The summed E-state index contributed by atoms with van der Waals surface area (Å²) in [5, 5.41) is 2.02. The molecule has 0 N–H and O–H groups in total. The van der Waals surface area contributed by atoms with Gasteiger partial charge in [-0.15, -0.1) is 0 Å². The van der Waals surface area contributed by atoms with Gasteiger partial charge >= 0.3 is 0 Å². The predicted octanol–water partition coefficient (Wildman–Crippen LogP) is 5.27. The highest BCUT2D eigenvalue weighted by Crippen LogP contribution is 2.24. The van der Waals surface area contributed by atoms with Crippen molar-refractivity contribution >= 4 is 22.5 Å². The lowest BCUT2D eigenvalue weighted by atomic mass is 10.00. The van der Waals surface area contributed by atoms with Crippen molar-refractivity contribution in [1.82, 2.24) is 4.57 Å². The molecule has 3 rings (SSSR count). The molecule has 1 nitrogen and oxygen atoms in total. The van der Waals surface area contributed by atoms with Crippen LogP contribution < -0.4 is 0 Å². The lowest BCUT2D eigenvalue weighted by Gasteiger charge is -2.13. The fraction of sp³-hybridized carbons (Fsp3) is 0.222. The summed E-state index contributed by atoms with van der Waals surface area (Å²) in [5.41, 5.74) is 6.62. The topological polar surface area (TPSA) is 4.93 Å². The van der Waals surface area contributed by atoms with Crippen molar-refractivity contribution in [2.24, 2.45) is 0 Å². The minimum absolute atomic E-state index is 0.787. The maximum Gasteiger partial charge on any atom is 0.0498 e. The quantitative estimate of drug-likeness (QED) is 0.604. The molecular weight excluding hydrogens is 266 g/mol. The Bertz CT molecular complexity index is 760. The zero-order valence-corrected chi connectivity index (χ0v) is 12.8. The Morgan fingerprint density at radius 1 is 0.950 bits per heavy atom. The molecule has 102 valence electrons. The molecule has 20 heavy (non-hydrogen) atoms. The molecule has 1 heterocycles. The van der Waals surface area contributed by atoms with E-state index >= 15 is 0 Å². The first-order valence-corrected chi connectivity index (χ1v) is 7.23. The fourth-order valence-electron chi connectivity index (χ4n) is 2.92. The molecule has 1 aromatic heterocycles. The first kappa shape index (κ1) is 13.3. The molecule has 0 saturated carbocycles. The predicted molar refractivity (Wildman–Crippen MR) is 86.7 cm³/mol. The average molecular weight is 284 g/mol. The lowest BCUT2D eigenvalue weighted by Crippen LogP contribution is -2.03. The van der Waals surface area contributed by atoms with E-state index in [0.717, 1.165) is 11.6 Å². The number of halogens is 1. The van der Waals surface area contributed by atoms with E-state index in [4.69, 9.17) is 11.6 Å². The number of hydrogen-bond acceptors (Lipinski definition) is 0. The van der Waals surface area contributed by atoms with Gasteiger partial charge in [0.1, 0.15) is 0 Å². The maximum absolute atomic E-state index is 6.12. The molecule has 0 spiro atoms. The minimum Gasteiger partial charge on any atom is -0.343 e. The summed E-state index contributed by atoms with van der Waals surface area (Å²) >= 11 is 6.12. The van der Waals surface area contributed by atoms with E-state index in [1.807, 2.05) is 12.1 Å². The standard InChI is InChI=1S/C18H18ClN/c1-12-8-13(2)17(14(3)9-12)11-20-7-6-15-4-5-16(19)10-18(15)20/h4-10H,11H2,1-3H3. The van der Waals surface area contributed by atoms with E-state index in [1.54, 1.807) is 0 Å². The highest BCUT2D eigenvalue weighted by molar-refractivity contribution is 6.31.